The fraction of sp³-hybridized carbons (Fsp3) is 0.364. The molecule has 1 aliphatic heterocycles. The van der Waals surface area contributed by atoms with Gasteiger partial charge in [0.05, 0.1) is 6.54 Å². The fourth-order valence-electron chi connectivity index (χ4n) is 3.44. The van der Waals surface area contributed by atoms with Crippen molar-refractivity contribution in [3.8, 4) is 0 Å². The second kappa shape index (κ2) is 8.82. The van der Waals surface area contributed by atoms with Crippen LogP contribution in [0.25, 0.3) is 0 Å². The smallest absolute Gasteiger partial charge is 0.254 e. The van der Waals surface area contributed by atoms with Crippen LogP contribution >= 0.6 is 0 Å². The van der Waals surface area contributed by atoms with Crippen LogP contribution in [0, 0.1) is 6.92 Å². The van der Waals surface area contributed by atoms with Gasteiger partial charge in [-0.3, -0.25) is 14.5 Å². The van der Waals surface area contributed by atoms with E-state index in [1.165, 1.54) is 0 Å². The third-order valence-electron chi connectivity index (χ3n) is 5.07. The fourth-order valence-corrected chi connectivity index (χ4v) is 3.44. The van der Waals surface area contributed by atoms with Crippen molar-refractivity contribution >= 4 is 17.5 Å². The molecule has 0 aromatic heterocycles. The van der Waals surface area contributed by atoms with Crippen LogP contribution in [0.4, 0.5) is 5.69 Å². The van der Waals surface area contributed by atoms with E-state index < -0.39 is 0 Å². The number of hydrogen-bond donors (Lipinski definition) is 1. The van der Waals surface area contributed by atoms with Gasteiger partial charge in [-0.05, 0) is 36.6 Å². The Bertz CT molecular complexity index is 811. The lowest BCUT2D eigenvalue weighted by atomic mass is 10.1. The molecule has 1 fully saturated rings. The van der Waals surface area contributed by atoms with Gasteiger partial charge in [0.2, 0.25) is 5.91 Å². The Labute approximate surface area is 161 Å². The Kier molecular flexibility index (Phi) is 6.24. The minimum atomic E-state index is -0.00502. The van der Waals surface area contributed by atoms with Crippen LogP contribution in [-0.4, -0.2) is 54.3 Å². The number of anilines is 1. The van der Waals surface area contributed by atoms with Crippen molar-refractivity contribution in [2.45, 2.75) is 20.3 Å². The quantitative estimate of drug-likeness (QED) is 0.886. The van der Waals surface area contributed by atoms with Gasteiger partial charge in [0, 0.05) is 37.4 Å². The highest BCUT2D eigenvalue weighted by molar-refractivity contribution is 5.96. The van der Waals surface area contributed by atoms with E-state index in [0.717, 1.165) is 28.8 Å². The average Bonchev–Trinajstić information content (AvgIpc) is 2.69. The van der Waals surface area contributed by atoms with E-state index in [4.69, 9.17) is 0 Å². The van der Waals surface area contributed by atoms with Crippen molar-refractivity contribution in [2.75, 3.05) is 38.0 Å². The van der Waals surface area contributed by atoms with Crippen LogP contribution in [0.2, 0.25) is 0 Å². The molecule has 27 heavy (non-hydrogen) atoms. The van der Waals surface area contributed by atoms with Crippen molar-refractivity contribution in [3.63, 3.8) is 0 Å². The maximum atomic E-state index is 12.7. The van der Waals surface area contributed by atoms with Crippen molar-refractivity contribution < 1.29 is 9.59 Å². The zero-order valence-corrected chi connectivity index (χ0v) is 16.1. The molecule has 5 nitrogen and oxygen atoms in total. The monoisotopic (exact) mass is 365 g/mol. The van der Waals surface area contributed by atoms with Gasteiger partial charge in [0.25, 0.3) is 5.91 Å². The van der Waals surface area contributed by atoms with Crippen molar-refractivity contribution in [3.05, 3.63) is 65.2 Å². The summed E-state index contributed by atoms with van der Waals surface area (Å²) in [6.45, 7) is 7.10. The summed E-state index contributed by atoms with van der Waals surface area (Å²) in [5.74, 6) is 0.0728. The molecular formula is C22H27N3O2. The Morgan fingerprint density at radius 2 is 1.63 bits per heavy atom. The number of benzene rings is 2. The molecule has 3 rings (SSSR count). The molecule has 1 N–H and O–H groups in total. The molecule has 2 aromatic carbocycles. The van der Waals surface area contributed by atoms with Gasteiger partial charge in [-0.25, -0.2) is 0 Å². The summed E-state index contributed by atoms with van der Waals surface area (Å²) in [5, 5.41) is 3.01. The normalized spacial score (nSPS) is 14.8. The second-order valence-electron chi connectivity index (χ2n) is 6.94. The van der Waals surface area contributed by atoms with E-state index in [0.29, 0.717) is 32.7 Å². The van der Waals surface area contributed by atoms with Crippen LogP contribution in [-0.2, 0) is 11.2 Å². The van der Waals surface area contributed by atoms with Gasteiger partial charge in [0.15, 0.2) is 0 Å². The summed E-state index contributed by atoms with van der Waals surface area (Å²) in [6, 6.07) is 15.6. The highest BCUT2D eigenvalue weighted by Gasteiger charge is 2.24. The van der Waals surface area contributed by atoms with E-state index in [1.54, 1.807) is 0 Å². The SMILES string of the molecule is CCc1ccccc1NC(=O)CN1CCN(C(=O)c2ccccc2C)CC1. The highest BCUT2D eigenvalue weighted by Crippen LogP contribution is 2.16. The van der Waals surface area contributed by atoms with Crippen molar-refractivity contribution in [1.82, 2.24) is 9.80 Å². The third kappa shape index (κ3) is 4.74. The molecule has 0 bridgehead atoms. The summed E-state index contributed by atoms with van der Waals surface area (Å²) in [6.07, 6.45) is 0.885. The summed E-state index contributed by atoms with van der Waals surface area (Å²) < 4.78 is 0. The molecule has 0 aliphatic carbocycles. The average molecular weight is 365 g/mol. The minimum Gasteiger partial charge on any atom is -0.336 e. The first kappa shape index (κ1) is 19.1. The number of carbonyl (C=O) groups excluding carboxylic acids is 2. The van der Waals surface area contributed by atoms with Crippen LogP contribution in [0.5, 0.6) is 0 Å². The highest BCUT2D eigenvalue weighted by atomic mass is 16.2. The lowest BCUT2D eigenvalue weighted by Crippen LogP contribution is -2.50. The number of hydrogen-bond acceptors (Lipinski definition) is 3. The topological polar surface area (TPSA) is 52.7 Å². The summed E-state index contributed by atoms with van der Waals surface area (Å²) in [5.41, 5.74) is 3.79. The number of amides is 2. The van der Waals surface area contributed by atoms with Crippen molar-refractivity contribution in [1.29, 1.82) is 0 Å². The molecule has 0 saturated carbocycles. The number of rotatable bonds is 5. The van der Waals surface area contributed by atoms with Gasteiger partial charge in [-0.1, -0.05) is 43.3 Å². The summed E-state index contributed by atoms with van der Waals surface area (Å²) >= 11 is 0. The first-order valence-corrected chi connectivity index (χ1v) is 9.53. The summed E-state index contributed by atoms with van der Waals surface area (Å²) in [7, 11) is 0. The molecular weight excluding hydrogens is 338 g/mol. The molecule has 5 heteroatoms. The lowest BCUT2D eigenvalue weighted by Gasteiger charge is -2.34. The van der Waals surface area contributed by atoms with E-state index >= 15 is 0 Å². The predicted molar refractivity (Wildman–Crippen MR) is 108 cm³/mol. The van der Waals surface area contributed by atoms with E-state index in [1.807, 2.05) is 60.4 Å². The number of nitrogens with zero attached hydrogens (tertiary/aromatic N) is 2. The van der Waals surface area contributed by atoms with Gasteiger partial charge in [0.1, 0.15) is 0 Å². The molecule has 1 aliphatic rings. The van der Waals surface area contributed by atoms with Crippen molar-refractivity contribution in [2.24, 2.45) is 0 Å². The molecule has 0 radical (unpaired) electrons. The van der Waals surface area contributed by atoms with Crippen LogP contribution in [0.1, 0.15) is 28.4 Å². The number of carbonyl (C=O) groups is 2. The van der Waals surface area contributed by atoms with E-state index in [2.05, 4.69) is 17.1 Å². The maximum absolute atomic E-state index is 12.7. The third-order valence-corrected chi connectivity index (χ3v) is 5.07. The number of para-hydroxylation sites is 1. The molecule has 0 atom stereocenters. The minimum absolute atomic E-state index is 0.00502. The van der Waals surface area contributed by atoms with Crippen LogP contribution < -0.4 is 5.32 Å². The van der Waals surface area contributed by atoms with Gasteiger partial charge in [-0.2, -0.15) is 0 Å². The first-order chi connectivity index (χ1) is 13.1. The zero-order valence-electron chi connectivity index (χ0n) is 16.1. The summed E-state index contributed by atoms with van der Waals surface area (Å²) in [4.78, 5) is 29.1. The molecule has 1 saturated heterocycles. The molecule has 142 valence electrons. The molecule has 0 unspecified atom stereocenters. The Hall–Kier alpha value is -2.66. The van der Waals surface area contributed by atoms with E-state index in [-0.39, 0.29) is 11.8 Å². The Balaban J connectivity index is 1.51. The molecule has 1 heterocycles. The van der Waals surface area contributed by atoms with Gasteiger partial charge < -0.3 is 10.2 Å². The first-order valence-electron chi connectivity index (χ1n) is 9.53. The standard InChI is InChI=1S/C22H27N3O2/c1-3-18-9-5-7-11-20(18)23-21(26)16-24-12-14-25(15-13-24)22(27)19-10-6-4-8-17(19)2/h4-11H,3,12-16H2,1-2H3,(H,23,26). The number of nitrogens with one attached hydrogen (secondary N) is 1. The van der Waals surface area contributed by atoms with Gasteiger partial charge in [-0.15, -0.1) is 0 Å². The lowest BCUT2D eigenvalue weighted by molar-refractivity contribution is -0.117. The molecule has 2 aromatic rings. The van der Waals surface area contributed by atoms with Gasteiger partial charge >= 0.3 is 0 Å². The predicted octanol–water partition coefficient (Wildman–Crippen LogP) is 2.95. The number of aryl methyl sites for hydroxylation is 2. The van der Waals surface area contributed by atoms with Crippen LogP contribution in [0.15, 0.2) is 48.5 Å². The zero-order chi connectivity index (χ0) is 19.2. The maximum Gasteiger partial charge on any atom is 0.254 e. The Morgan fingerprint density at radius 3 is 2.33 bits per heavy atom. The number of piperazine rings is 1. The molecule has 2 amide bonds. The second-order valence-corrected chi connectivity index (χ2v) is 6.94. The van der Waals surface area contributed by atoms with Crippen LogP contribution in [0.3, 0.4) is 0 Å². The largest absolute Gasteiger partial charge is 0.336 e. The Morgan fingerprint density at radius 1 is 0.963 bits per heavy atom. The molecule has 0 spiro atoms. The van der Waals surface area contributed by atoms with E-state index in [9.17, 15) is 9.59 Å².